The van der Waals surface area contributed by atoms with Crippen molar-refractivity contribution >= 4 is 16.8 Å². The highest BCUT2D eigenvalue weighted by atomic mass is 16.5. The molecular formula is C36H30O2. The van der Waals surface area contributed by atoms with Gasteiger partial charge in [-0.1, -0.05) is 90.0 Å². The molecule has 1 aliphatic carbocycles. The van der Waals surface area contributed by atoms with Gasteiger partial charge in [0.05, 0.1) is 7.11 Å². The van der Waals surface area contributed by atoms with E-state index >= 15 is 0 Å². The van der Waals surface area contributed by atoms with Crippen molar-refractivity contribution in [3.8, 4) is 22.6 Å². The molecule has 0 bridgehead atoms. The number of benzene rings is 5. The highest BCUT2D eigenvalue weighted by molar-refractivity contribution is 6.06. The molecule has 0 radical (unpaired) electrons. The minimum atomic E-state index is -0.704. The molecule has 0 N–H and O–H groups in total. The maximum absolute atomic E-state index is 7.33. The maximum atomic E-state index is 7.33. The van der Waals surface area contributed by atoms with Crippen LogP contribution in [0.25, 0.3) is 28.0 Å². The smallest absolute Gasteiger partial charge is 0.178 e. The SMILES string of the molecule is COc1ccc2c(c1)CCc1c3c(c4ccccc4c1-2)C=CC(c1ccc(C)cc1)(c1ccc(C)cc1)O3. The van der Waals surface area contributed by atoms with Crippen molar-refractivity contribution < 1.29 is 9.47 Å². The molecule has 0 aromatic heterocycles. The predicted octanol–water partition coefficient (Wildman–Crippen LogP) is 8.58. The number of fused-ring (bicyclic) bond motifs is 8. The van der Waals surface area contributed by atoms with E-state index < -0.39 is 5.60 Å². The molecule has 2 nitrogen and oxygen atoms in total. The van der Waals surface area contributed by atoms with Gasteiger partial charge in [-0.25, -0.2) is 0 Å². The number of rotatable bonds is 3. The van der Waals surface area contributed by atoms with Crippen molar-refractivity contribution in [3.63, 3.8) is 0 Å². The summed E-state index contributed by atoms with van der Waals surface area (Å²) in [6.07, 6.45) is 6.43. The molecule has 186 valence electrons. The number of hydrogen-bond acceptors (Lipinski definition) is 2. The van der Waals surface area contributed by atoms with Crippen LogP contribution in [0.4, 0.5) is 0 Å². The lowest BCUT2D eigenvalue weighted by Crippen LogP contribution is -2.35. The van der Waals surface area contributed by atoms with Crippen molar-refractivity contribution in [2.75, 3.05) is 7.11 Å². The molecule has 2 aliphatic rings. The Kier molecular flexibility index (Phi) is 5.19. The zero-order valence-corrected chi connectivity index (χ0v) is 22.0. The summed E-state index contributed by atoms with van der Waals surface area (Å²) >= 11 is 0. The van der Waals surface area contributed by atoms with Crippen LogP contribution in [-0.4, -0.2) is 7.11 Å². The van der Waals surface area contributed by atoms with Gasteiger partial charge in [0.2, 0.25) is 0 Å². The Morgan fingerprint density at radius 2 is 1.39 bits per heavy atom. The molecule has 5 aromatic carbocycles. The third-order valence-corrected chi connectivity index (χ3v) is 8.24. The van der Waals surface area contributed by atoms with E-state index in [0.717, 1.165) is 35.5 Å². The largest absolute Gasteiger partial charge is 0.497 e. The molecule has 0 atom stereocenters. The molecule has 0 saturated carbocycles. The van der Waals surface area contributed by atoms with E-state index in [4.69, 9.17) is 9.47 Å². The Hall–Kier alpha value is -4.30. The Bertz CT molecular complexity index is 1680. The molecule has 0 spiro atoms. The number of ether oxygens (including phenoxy) is 2. The van der Waals surface area contributed by atoms with E-state index in [1.54, 1.807) is 7.11 Å². The quantitative estimate of drug-likeness (QED) is 0.250. The first-order valence-electron chi connectivity index (χ1n) is 13.3. The van der Waals surface area contributed by atoms with E-state index in [1.165, 1.54) is 49.7 Å². The molecular weight excluding hydrogens is 464 g/mol. The Morgan fingerprint density at radius 3 is 2.05 bits per heavy atom. The summed E-state index contributed by atoms with van der Waals surface area (Å²) in [7, 11) is 1.74. The fourth-order valence-electron chi connectivity index (χ4n) is 6.21. The zero-order chi connectivity index (χ0) is 25.9. The van der Waals surface area contributed by atoms with Gasteiger partial charge in [-0.05, 0) is 78.4 Å². The third-order valence-electron chi connectivity index (χ3n) is 8.24. The summed E-state index contributed by atoms with van der Waals surface area (Å²) in [5.74, 6) is 1.91. The number of aryl methyl sites for hydroxylation is 3. The zero-order valence-electron chi connectivity index (χ0n) is 22.0. The lowest BCUT2D eigenvalue weighted by molar-refractivity contribution is 0.159. The molecule has 7 rings (SSSR count). The molecule has 0 unspecified atom stereocenters. The van der Waals surface area contributed by atoms with Crippen molar-refractivity contribution in [2.24, 2.45) is 0 Å². The van der Waals surface area contributed by atoms with Crippen LogP contribution in [-0.2, 0) is 18.4 Å². The highest BCUT2D eigenvalue weighted by Crippen LogP contribution is 2.51. The highest BCUT2D eigenvalue weighted by Gasteiger charge is 2.39. The topological polar surface area (TPSA) is 18.5 Å². The fourth-order valence-corrected chi connectivity index (χ4v) is 6.21. The van der Waals surface area contributed by atoms with E-state index in [-0.39, 0.29) is 0 Å². The molecule has 0 fully saturated rings. The normalized spacial score (nSPS) is 14.8. The van der Waals surface area contributed by atoms with Gasteiger partial charge >= 0.3 is 0 Å². The van der Waals surface area contributed by atoms with Crippen LogP contribution in [0.15, 0.2) is 97.1 Å². The van der Waals surface area contributed by atoms with E-state index in [9.17, 15) is 0 Å². The second-order valence-electron chi connectivity index (χ2n) is 10.6. The van der Waals surface area contributed by atoms with Gasteiger partial charge in [0, 0.05) is 22.3 Å². The van der Waals surface area contributed by atoms with Crippen molar-refractivity contribution in [2.45, 2.75) is 32.3 Å². The van der Waals surface area contributed by atoms with Gasteiger partial charge in [0.15, 0.2) is 5.60 Å². The molecule has 1 heterocycles. The van der Waals surface area contributed by atoms with Crippen molar-refractivity contribution in [3.05, 3.63) is 136 Å². The van der Waals surface area contributed by atoms with E-state index in [0.29, 0.717) is 0 Å². The molecule has 38 heavy (non-hydrogen) atoms. The summed E-state index contributed by atoms with van der Waals surface area (Å²) in [4.78, 5) is 0. The number of hydrogen-bond donors (Lipinski definition) is 0. The summed E-state index contributed by atoms with van der Waals surface area (Å²) in [6.45, 7) is 4.26. The van der Waals surface area contributed by atoms with Gasteiger partial charge in [-0.2, -0.15) is 0 Å². The van der Waals surface area contributed by atoms with Crippen LogP contribution >= 0.6 is 0 Å². The van der Waals surface area contributed by atoms with Gasteiger partial charge in [-0.15, -0.1) is 0 Å². The van der Waals surface area contributed by atoms with Gasteiger partial charge in [0.1, 0.15) is 11.5 Å². The van der Waals surface area contributed by atoms with Crippen LogP contribution in [0.1, 0.15) is 38.9 Å². The average Bonchev–Trinajstić information content (AvgIpc) is 2.97. The van der Waals surface area contributed by atoms with Gasteiger partial charge in [0.25, 0.3) is 0 Å². The molecule has 2 heteroatoms. The maximum Gasteiger partial charge on any atom is 0.178 e. The van der Waals surface area contributed by atoms with Crippen LogP contribution in [0, 0.1) is 13.8 Å². The second kappa shape index (κ2) is 8.63. The first kappa shape index (κ1) is 22.9. The molecule has 0 amide bonds. The lowest BCUT2D eigenvalue weighted by Gasteiger charge is -2.39. The second-order valence-corrected chi connectivity index (χ2v) is 10.6. The molecule has 1 aliphatic heterocycles. The summed E-state index contributed by atoms with van der Waals surface area (Å²) < 4.78 is 12.9. The van der Waals surface area contributed by atoms with Gasteiger partial charge < -0.3 is 9.47 Å². The molecule has 0 saturated heterocycles. The fraction of sp³-hybridized carbons (Fsp3) is 0.167. The van der Waals surface area contributed by atoms with Crippen LogP contribution in [0.3, 0.4) is 0 Å². The summed E-state index contributed by atoms with van der Waals surface area (Å²) in [6, 6.07) is 32.8. The van der Waals surface area contributed by atoms with Gasteiger partial charge in [-0.3, -0.25) is 0 Å². The van der Waals surface area contributed by atoms with E-state index in [1.807, 2.05) is 0 Å². The monoisotopic (exact) mass is 494 g/mol. The third kappa shape index (κ3) is 3.40. The first-order chi connectivity index (χ1) is 18.6. The van der Waals surface area contributed by atoms with Crippen LogP contribution in [0.2, 0.25) is 0 Å². The summed E-state index contributed by atoms with van der Waals surface area (Å²) in [5.41, 5.74) is 10.4. The lowest BCUT2D eigenvalue weighted by atomic mass is 9.78. The Labute approximate surface area is 224 Å². The Balaban J connectivity index is 1.51. The first-order valence-corrected chi connectivity index (χ1v) is 13.3. The average molecular weight is 495 g/mol. The Morgan fingerprint density at radius 1 is 0.737 bits per heavy atom. The minimum Gasteiger partial charge on any atom is -0.497 e. The predicted molar refractivity (Wildman–Crippen MR) is 156 cm³/mol. The van der Waals surface area contributed by atoms with E-state index in [2.05, 4.69) is 117 Å². The number of methoxy groups -OCH3 is 1. The minimum absolute atomic E-state index is 0.704. The van der Waals surface area contributed by atoms with Crippen LogP contribution < -0.4 is 9.47 Å². The standard InChI is InChI=1S/C36H30O2/c1-23-8-13-26(14-9-23)36(27-15-10-24(2)11-16-27)21-20-32-30-6-4-5-7-31(30)34-29-19-17-28(37-3)22-25(29)12-18-33(34)35(32)38-36/h4-11,13-17,19-22H,12,18H2,1-3H3. The van der Waals surface area contributed by atoms with Crippen molar-refractivity contribution in [1.82, 2.24) is 0 Å². The van der Waals surface area contributed by atoms with Crippen molar-refractivity contribution in [1.29, 1.82) is 0 Å². The summed E-state index contributed by atoms with van der Waals surface area (Å²) in [5, 5.41) is 2.50. The molecule has 5 aromatic rings. The van der Waals surface area contributed by atoms with Crippen LogP contribution in [0.5, 0.6) is 11.5 Å².